The Hall–Kier alpha value is -4.70. The van der Waals surface area contributed by atoms with Gasteiger partial charge in [0.25, 0.3) is 5.91 Å². The molecule has 0 radical (unpaired) electrons. The van der Waals surface area contributed by atoms with Crippen molar-refractivity contribution in [3.63, 3.8) is 0 Å². The summed E-state index contributed by atoms with van der Waals surface area (Å²) in [6.07, 6.45) is 5.06. The summed E-state index contributed by atoms with van der Waals surface area (Å²) in [5, 5.41) is 17.5. The number of hydrogen-bond donors (Lipinski definition) is 3. The van der Waals surface area contributed by atoms with Crippen LogP contribution in [0.4, 0.5) is 14.5 Å². The molecule has 1 heterocycles. The van der Waals surface area contributed by atoms with Crippen LogP contribution in [0.3, 0.4) is 0 Å². The summed E-state index contributed by atoms with van der Waals surface area (Å²) in [6, 6.07) is 16.6. The molecule has 1 aliphatic heterocycles. The summed E-state index contributed by atoms with van der Waals surface area (Å²) < 4.78 is 42.1. The number of rotatable bonds is 13. The zero-order chi connectivity index (χ0) is 36.3. The van der Waals surface area contributed by atoms with Crippen molar-refractivity contribution in [3.05, 3.63) is 88.7 Å². The molecule has 2 fully saturated rings. The molecule has 0 bridgehead atoms. The molecule has 51 heavy (non-hydrogen) atoms. The van der Waals surface area contributed by atoms with Crippen LogP contribution in [-0.2, 0) is 17.8 Å². The van der Waals surface area contributed by atoms with Gasteiger partial charge in [-0.15, -0.1) is 0 Å². The largest absolute Gasteiger partial charge is 0.496 e. The maximum Gasteiger partial charge on any atom is 0.326 e. The number of halogens is 2. The van der Waals surface area contributed by atoms with Crippen LogP contribution in [0, 0.1) is 12.7 Å². The molecule has 4 aromatic rings. The summed E-state index contributed by atoms with van der Waals surface area (Å²) in [6.45, 7) is 6.30. The number of likely N-dealkylation sites (tertiary alicyclic amines) is 1. The highest BCUT2D eigenvalue weighted by molar-refractivity contribution is 6.02. The molecule has 1 saturated heterocycles. The van der Waals surface area contributed by atoms with Gasteiger partial charge in [-0.2, -0.15) is 0 Å². The van der Waals surface area contributed by atoms with Gasteiger partial charge in [-0.25, -0.2) is 13.6 Å². The Morgan fingerprint density at radius 2 is 1.69 bits per heavy atom. The molecule has 2 unspecified atom stereocenters. The summed E-state index contributed by atoms with van der Waals surface area (Å²) in [5.41, 5.74) is 2.57. The highest BCUT2D eigenvalue weighted by Gasteiger charge is 2.46. The van der Waals surface area contributed by atoms with Crippen molar-refractivity contribution in [2.75, 3.05) is 32.6 Å². The van der Waals surface area contributed by atoms with E-state index in [0.29, 0.717) is 47.6 Å². The number of alkyl halides is 1. The number of fused-ring (bicyclic) bond motifs is 1. The van der Waals surface area contributed by atoms with Crippen LogP contribution in [0.5, 0.6) is 11.5 Å². The minimum Gasteiger partial charge on any atom is -0.496 e. The van der Waals surface area contributed by atoms with Gasteiger partial charge in [0.2, 0.25) is 0 Å². The third-order valence-electron chi connectivity index (χ3n) is 10.6. The molecule has 10 heteroatoms. The number of carboxylic acid groups (broad SMARTS) is 1. The normalized spacial score (nSPS) is 19.6. The van der Waals surface area contributed by atoms with Crippen molar-refractivity contribution < 1.29 is 33.0 Å². The quantitative estimate of drug-likeness (QED) is 0.130. The van der Waals surface area contributed by atoms with Crippen LogP contribution in [0.1, 0.15) is 72.5 Å². The first-order chi connectivity index (χ1) is 24.5. The molecule has 270 valence electrons. The summed E-state index contributed by atoms with van der Waals surface area (Å²) in [7, 11) is 3.28. The van der Waals surface area contributed by atoms with E-state index in [1.807, 2.05) is 36.4 Å². The topological polar surface area (TPSA) is 100 Å². The van der Waals surface area contributed by atoms with Gasteiger partial charge in [0, 0.05) is 18.7 Å². The second kappa shape index (κ2) is 15.3. The van der Waals surface area contributed by atoms with E-state index in [9.17, 15) is 19.1 Å². The highest BCUT2D eigenvalue weighted by Crippen LogP contribution is 2.44. The number of aryl methyl sites for hydroxylation is 1. The van der Waals surface area contributed by atoms with E-state index in [2.05, 4.69) is 27.7 Å². The van der Waals surface area contributed by atoms with Gasteiger partial charge in [0.1, 0.15) is 29.0 Å². The number of amides is 1. The molecule has 0 aromatic heterocycles. The average molecular weight is 700 g/mol. The van der Waals surface area contributed by atoms with Crippen molar-refractivity contribution in [3.8, 4) is 22.6 Å². The highest BCUT2D eigenvalue weighted by atomic mass is 19.1. The summed E-state index contributed by atoms with van der Waals surface area (Å²) in [5.74, 6) is -1.53. The van der Waals surface area contributed by atoms with Crippen LogP contribution in [0.2, 0.25) is 0 Å². The number of aliphatic carboxylic acids is 1. The van der Waals surface area contributed by atoms with E-state index >= 15 is 4.39 Å². The molecular weight excluding hydrogens is 652 g/mol. The van der Waals surface area contributed by atoms with E-state index in [0.717, 1.165) is 47.1 Å². The fraction of sp³-hybridized carbons (Fsp3) is 0.415. The SMILES string of the molecule is CCC1(F)CCC1Nc1cc(C)c(C(=O)N[C@@H](Cc2cccc3c(-c4c(OC)cc(CN5CCCCC5)cc4OC)cccc23)C(=O)O)c(F)c1. The number of anilines is 1. The van der Waals surface area contributed by atoms with E-state index in [4.69, 9.17) is 9.47 Å². The van der Waals surface area contributed by atoms with Crippen molar-refractivity contribution in [1.29, 1.82) is 0 Å². The van der Waals surface area contributed by atoms with Gasteiger partial charge < -0.3 is 25.2 Å². The Morgan fingerprint density at radius 1 is 1.00 bits per heavy atom. The van der Waals surface area contributed by atoms with Gasteiger partial charge in [-0.05, 0) is 109 Å². The molecule has 1 saturated carbocycles. The monoisotopic (exact) mass is 699 g/mol. The lowest BCUT2D eigenvalue weighted by atomic mass is 9.74. The van der Waals surface area contributed by atoms with Crippen LogP contribution in [0.15, 0.2) is 60.7 Å². The zero-order valence-electron chi connectivity index (χ0n) is 29.8. The number of methoxy groups -OCH3 is 2. The zero-order valence-corrected chi connectivity index (χ0v) is 29.8. The van der Waals surface area contributed by atoms with Crippen molar-refractivity contribution in [2.24, 2.45) is 0 Å². The smallest absolute Gasteiger partial charge is 0.326 e. The van der Waals surface area contributed by atoms with Crippen molar-refractivity contribution >= 4 is 28.3 Å². The van der Waals surface area contributed by atoms with Crippen LogP contribution >= 0.6 is 0 Å². The summed E-state index contributed by atoms with van der Waals surface area (Å²) >= 11 is 0. The lowest BCUT2D eigenvalue weighted by molar-refractivity contribution is -0.139. The van der Waals surface area contributed by atoms with Gasteiger partial charge >= 0.3 is 5.97 Å². The van der Waals surface area contributed by atoms with Crippen molar-refractivity contribution in [1.82, 2.24) is 10.2 Å². The van der Waals surface area contributed by atoms with E-state index in [1.54, 1.807) is 34.1 Å². The number of carboxylic acids is 1. The predicted octanol–water partition coefficient (Wildman–Crippen LogP) is 8.08. The fourth-order valence-corrected chi connectivity index (χ4v) is 7.66. The molecule has 3 atom stereocenters. The Morgan fingerprint density at radius 3 is 2.29 bits per heavy atom. The summed E-state index contributed by atoms with van der Waals surface area (Å²) in [4.78, 5) is 28.4. The van der Waals surface area contributed by atoms with E-state index in [-0.39, 0.29) is 12.0 Å². The number of carbonyl (C=O) groups is 2. The fourth-order valence-electron chi connectivity index (χ4n) is 7.66. The number of piperidine rings is 1. The number of nitrogens with one attached hydrogen (secondary N) is 2. The first-order valence-electron chi connectivity index (χ1n) is 17.8. The van der Waals surface area contributed by atoms with Crippen LogP contribution < -0.4 is 20.1 Å². The third kappa shape index (κ3) is 7.52. The molecule has 8 nitrogen and oxygen atoms in total. The lowest BCUT2D eigenvalue weighted by Crippen LogP contribution is -2.51. The standard InChI is InChI=1S/C41H47F2N3O5/c1-5-41(43)16-15-36(41)44-28-19-25(2)37(32(42)23-28)39(47)45-33(40(48)49)22-27-11-9-13-30-29(27)12-10-14-31(30)38-34(50-3)20-26(21-35(38)51-4)24-46-17-7-6-8-18-46/h9-14,19-21,23,33,36,44H,5-8,15-18,22,24H2,1-4H3,(H,45,47)(H,48,49)/t33-,36?,41?/m0/s1. The molecule has 0 spiro atoms. The Bertz CT molecular complexity index is 1880. The molecule has 3 N–H and O–H groups in total. The van der Waals surface area contributed by atoms with E-state index in [1.165, 1.54) is 25.3 Å². The average Bonchev–Trinajstić information content (AvgIpc) is 3.12. The Kier molecular flexibility index (Phi) is 10.8. The molecule has 6 rings (SSSR count). The minimum absolute atomic E-state index is 0.0392. The number of carbonyl (C=O) groups excluding carboxylic acids is 1. The van der Waals surface area contributed by atoms with Crippen molar-refractivity contribution in [2.45, 2.75) is 83.1 Å². The van der Waals surface area contributed by atoms with Gasteiger partial charge in [-0.3, -0.25) is 9.69 Å². The van der Waals surface area contributed by atoms with Gasteiger partial charge in [0.05, 0.1) is 31.4 Å². The number of ether oxygens (including phenoxy) is 2. The second-order valence-corrected chi connectivity index (χ2v) is 13.9. The number of benzene rings is 4. The van der Waals surface area contributed by atoms with Gasteiger partial charge in [0.15, 0.2) is 0 Å². The molecule has 2 aliphatic rings. The maximum atomic E-state index is 15.4. The predicted molar refractivity (Wildman–Crippen MR) is 196 cm³/mol. The third-order valence-corrected chi connectivity index (χ3v) is 10.6. The lowest BCUT2D eigenvalue weighted by Gasteiger charge is -2.43. The molecular formula is C41H47F2N3O5. The Labute approximate surface area is 298 Å². The Balaban J connectivity index is 1.26. The first kappa shape index (κ1) is 36.1. The first-order valence-corrected chi connectivity index (χ1v) is 17.8. The van der Waals surface area contributed by atoms with Crippen LogP contribution in [-0.4, -0.2) is 66.9 Å². The van der Waals surface area contributed by atoms with E-state index < -0.39 is 35.4 Å². The maximum absolute atomic E-state index is 15.4. The molecule has 4 aromatic carbocycles. The minimum atomic E-state index is -1.34. The van der Waals surface area contributed by atoms with Gasteiger partial charge in [-0.1, -0.05) is 49.7 Å². The van der Waals surface area contributed by atoms with Crippen LogP contribution in [0.25, 0.3) is 21.9 Å². The molecule has 1 aliphatic carbocycles. The second-order valence-electron chi connectivity index (χ2n) is 13.9. The number of nitrogens with zero attached hydrogens (tertiary/aromatic N) is 1. The molecule has 1 amide bonds. The number of hydrogen-bond acceptors (Lipinski definition) is 6.